The van der Waals surface area contributed by atoms with E-state index in [-0.39, 0.29) is 0 Å². The molecule has 14 rings (SSSR count). The van der Waals surface area contributed by atoms with Crippen molar-refractivity contribution < 1.29 is 0 Å². The summed E-state index contributed by atoms with van der Waals surface area (Å²) in [5, 5.41) is 5.94. The fraction of sp³-hybridized carbons (Fsp3) is 0. The number of fused-ring (bicyclic) bond motifs is 9. The second-order valence-electron chi connectivity index (χ2n) is 17.8. The van der Waals surface area contributed by atoms with Crippen molar-refractivity contribution in [1.29, 1.82) is 0 Å². The van der Waals surface area contributed by atoms with Crippen LogP contribution in [0.1, 0.15) is 0 Å². The lowest BCUT2D eigenvalue weighted by atomic mass is 9.97. The van der Waals surface area contributed by atoms with Crippen LogP contribution in [0.3, 0.4) is 0 Å². The number of para-hydroxylation sites is 3. The molecule has 0 fully saturated rings. The van der Waals surface area contributed by atoms with Crippen LogP contribution in [-0.2, 0) is 0 Å². The summed E-state index contributed by atoms with van der Waals surface area (Å²) in [4.78, 5) is 10.3. The van der Waals surface area contributed by atoms with Crippen LogP contribution in [0.2, 0.25) is 0 Å². The van der Waals surface area contributed by atoms with Crippen LogP contribution < -0.4 is 0 Å². The van der Waals surface area contributed by atoms with E-state index in [4.69, 9.17) is 9.97 Å². The molecule has 0 radical (unpaired) electrons. The van der Waals surface area contributed by atoms with Gasteiger partial charge in [-0.2, -0.15) is 0 Å². The highest BCUT2D eigenvalue weighted by Crippen LogP contribution is 2.40. The first-order valence-corrected chi connectivity index (χ1v) is 23.5. The number of benzene rings is 9. The van der Waals surface area contributed by atoms with Crippen molar-refractivity contribution in [3.05, 3.63) is 249 Å². The predicted octanol–water partition coefficient (Wildman–Crippen LogP) is 16.4. The maximum Gasteiger partial charge on any atom is 0.138 e. The lowest BCUT2D eigenvalue weighted by molar-refractivity contribution is 1.08. The highest BCUT2D eigenvalue weighted by atomic mass is 15.1. The fourth-order valence-electron chi connectivity index (χ4n) is 10.7. The lowest BCUT2D eigenvalue weighted by Crippen LogP contribution is -2.00. The van der Waals surface area contributed by atoms with Gasteiger partial charge in [-0.3, -0.25) is 9.55 Å². The zero-order chi connectivity index (χ0) is 45.4. The molecule has 0 amide bonds. The number of hydrogen-bond acceptors (Lipinski definition) is 2. The van der Waals surface area contributed by atoms with Gasteiger partial charge in [0.2, 0.25) is 0 Å². The van der Waals surface area contributed by atoms with Crippen molar-refractivity contribution in [3.8, 4) is 61.8 Å². The van der Waals surface area contributed by atoms with E-state index >= 15 is 0 Å². The molecule has 0 unspecified atom stereocenters. The van der Waals surface area contributed by atoms with Gasteiger partial charge in [0.15, 0.2) is 0 Å². The molecule has 0 saturated carbocycles. The van der Waals surface area contributed by atoms with Gasteiger partial charge in [-0.15, -0.1) is 0 Å². The van der Waals surface area contributed by atoms with Gasteiger partial charge in [-0.1, -0.05) is 146 Å². The third-order valence-electron chi connectivity index (χ3n) is 13.9. The molecule has 0 aliphatic heterocycles. The Labute approximate surface area is 398 Å². The minimum Gasteiger partial charge on any atom is -0.309 e. The van der Waals surface area contributed by atoms with Crippen LogP contribution >= 0.6 is 0 Å². The summed E-state index contributed by atoms with van der Waals surface area (Å²) < 4.78 is 7.04. The maximum atomic E-state index is 5.35. The summed E-state index contributed by atoms with van der Waals surface area (Å²) in [7, 11) is 0. The molecule has 0 atom stereocenters. The number of rotatable bonds is 7. The second-order valence-corrected chi connectivity index (χ2v) is 17.8. The van der Waals surface area contributed by atoms with Crippen molar-refractivity contribution >= 4 is 65.5 Å². The molecule has 5 heteroatoms. The molecule has 0 saturated heterocycles. The van der Waals surface area contributed by atoms with Crippen LogP contribution in [0.4, 0.5) is 0 Å². The molecule has 322 valence electrons. The first-order valence-electron chi connectivity index (χ1n) is 23.5. The quantitative estimate of drug-likeness (QED) is 0.160. The van der Waals surface area contributed by atoms with E-state index in [1.54, 1.807) is 0 Å². The number of nitrogens with zero attached hydrogens (tertiary/aromatic N) is 5. The second kappa shape index (κ2) is 15.7. The zero-order valence-electron chi connectivity index (χ0n) is 37.4. The average Bonchev–Trinajstić information content (AvgIpc) is 4.06. The predicted molar refractivity (Wildman–Crippen MR) is 287 cm³/mol. The van der Waals surface area contributed by atoms with E-state index in [2.05, 4.69) is 250 Å². The molecule has 5 heterocycles. The van der Waals surface area contributed by atoms with Gasteiger partial charge in [0, 0.05) is 50.1 Å². The molecule has 0 spiro atoms. The third-order valence-corrected chi connectivity index (χ3v) is 13.9. The summed E-state index contributed by atoms with van der Waals surface area (Å²) in [5.41, 5.74) is 19.0. The number of hydrogen-bond donors (Lipinski definition) is 0. The Morgan fingerprint density at radius 3 is 1.46 bits per heavy atom. The van der Waals surface area contributed by atoms with Gasteiger partial charge in [0.05, 0.1) is 44.3 Å². The zero-order valence-corrected chi connectivity index (χ0v) is 37.4. The molecule has 0 N–H and O–H groups in total. The standard InChI is InChI=1S/C64H41N5/c1-4-16-42(17-5-1)48-39-56(43-18-6-2-7-19-43)66-63(40-48)69-58-27-13-11-25-52(58)54-38-47(30-33-60(54)69)45-21-14-20-44(36-45)46-29-32-59-53(37-46)51-24-10-12-26-57(51)68(59)50-31-34-61-55(41-50)64-62(28-15-35-65-64)67(61)49-22-8-3-9-23-49/h1-41H. The van der Waals surface area contributed by atoms with Crippen molar-refractivity contribution in [1.82, 2.24) is 23.7 Å². The van der Waals surface area contributed by atoms with Crippen LogP contribution in [0, 0.1) is 0 Å². The van der Waals surface area contributed by atoms with E-state index in [0.29, 0.717) is 0 Å². The maximum absolute atomic E-state index is 5.35. The Morgan fingerprint density at radius 1 is 0.261 bits per heavy atom. The minimum absolute atomic E-state index is 0.890. The smallest absolute Gasteiger partial charge is 0.138 e. The van der Waals surface area contributed by atoms with E-state index in [0.717, 1.165) is 78.1 Å². The van der Waals surface area contributed by atoms with Crippen molar-refractivity contribution in [2.75, 3.05) is 0 Å². The average molecular weight is 880 g/mol. The molecule has 5 aromatic heterocycles. The summed E-state index contributed by atoms with van der Waals surface area (Å²) in [6.07, 6.45) is 1.89. The number of pyridine rings is 2. The molecular formula is C64H41N5. The highest BCUT2D eigenvalue weighted by molar-refractivity contribution is 6.13. The Kier molecular flexibility index (Phi) is 8.83. The lowest BCUT2D eigenvalue weighted by Gasteiger charge is -2.13. The first-order chi connectivity index (χ1) is 34.2. The topological polar surface area (TPSA) is 40.6 Å². The Hall–Kier alpha value is -9.32. The monoisotopic (exact) mass is 879 g/mol. The number of aromatic nitrogens is 5. The van der Waals surface area contributed by atoms with Gasteiger partial charge in [-0.25, -0.2) is 4.98 Å². The molecule has 5 nitrogen and oxygen atoms in total. The third kappa shape index (κ3) is 6.32. The molecular weight excluding hydrogens is 839 g/mol. The van der Waals surface area contributed by atoms with E-state index in [9.17, 15) is 0 Å². The van der Waals surface area contributed by atoms with Crippen LogP contribution in [-0.4, -0.2) is 23.7 Å². The van der Waals surface area contributed by atoms with Crippen LogP contribution in [0.5, 0.6) is 0 Å². The van der Waals surface area contributed by atoms with Crippen LogP contribution in [0.25, 0.3) is 127 Å². The van der Waals surface area contributed by atoms with Gasteiger partial charge in [0.25, 0.3) is 0 Å². The molecule has 14 aromatic rings. The van der Waals surface area contributed by atoms with Crippen molar-refractivity contribution in [2.24, 2.45) is 0 Å². The first kappa shape index (κ1) is 38.9. The summed E-state index contributed by atoms with van der Waals surface area (Å²) in [6.45, 7) is 0. The Morgan fingerprint density at radius 2 is 0.768 bits per heavy atom. The molecule has 0 aliphatic rings. The van der Waals surface area contributed by atoms with Crippen molar-refractivity contribution in [2.45, 2.75) is 0 Å². The van der Waals surface area contributed by atoms with Gasteiger partial charge in [0.1, 0.15) is 5.82 Å². The summed E-state index contributed by atoms with van der Waals surface area (Å²) in [6, 6.07) is 87.3. The molecule has 69 heavy (non-hydrogen) atoms. The Bertz CT molecular complexity index is 4240. The van der Waals surface area contributed by atoms with Gasteiger partial charge in [-0.05, 0) is 130 Å². The van der Waals surface area contributed by atoms with Gasteiger partial charge >= 0.3 is 0 Å². The molecule has 0 bridgehead atoms. The highest BCUT2D eigenvalue weighted by Gasteiger charge is 2.20. The fourth-order valence-corrected chi connectivity index (χ4v) is 10.7. The minimum atomic E-state index is 0.890. The Balaban J connectivity index is 0.871. The van der Waals surface area contributed by atoms with Crippen LogP contribution in [0.15, 0.2) is 249 Å². The largest absolute Gasteiger partial charge is 0.309 e. The molecule has 0 aliphatic carbocycles. The SMILES string of the molecule is c1ccc(-c2cc(-c3ccccc3)nc(-n3c4ccccc4c4cc(-c5cccc(-c6ccc7c(c6)c6ccccc6n7-c6ccc7c(c6)c6ncccc6n7-c6ccccc6)c5)ccc43)c2)cc1. The normalized spacial score (nSPS) is 11.8. The van der Waals surface area contributed by atoms with Crippen molar-refractivity contribution in [3.63, 3.8) is 0 Å². The molecule has 9 aromatic carbocycles. The van der Waals surface area contributed by atoms with E-state index in [1.807, 2.05) is 12.3 Å². The summed E-state index contributed by atoms with van der Waals surface area (Å²) in [5.74, 6) is 0.890. The summed E-state index contributed by atoms with van der Waals surface area (Å²) >= 11 is 0. The van der Waals surface area contributed by atoms with E-state index < -0.39 is 0 Å². The van der Waals surface area contributed by atoms with Gasteiger partial charge < -0.3 is 9.13 Å². The van der Waals surface area contributed by atoms with E-state index in [1.165, 1.54) is 49.3 Å².